The smallest absolute Gasteiger partial charge is 0.0107 e. The standard InChI is InChI=1S/C11H13N.ClH/c1-2-4-9(5-3-1)11-6-10(7-11)12-8-11;/h1-5,10,12H,6-8H2;1H. The van der Waals surface area contributed by atoms with Gasteiger partial charge in [0.2, 0.25) is 0 Å². The van der Waals surface area contributed by atoms with Crippen LogP contribution in [-0.2, 0) is 5.41 Å². The zero-order valence-electron chi connectivity index (χ0n) is 7.49. The van der Waals surface area contributed by atoms with Gasteiger partial charge < -0.3 is 5.32 Å². The van der Waals surface area contributed by atoms with Crippen molar-refractivity contribution in [3.8, 4) is 0 Å². The number of hydrogen-bond donors (Lipinski definition) is 1. The second kappa shape index (κ2) is 3.00. The summed E-state index contributed by atoms with van der Waals surface area (Å²) in [6.07, 6.45) is 2.72. The molecule has 0 amide bonds. The number of rotatable bonds is 1. The lowest BCUT2D eigenvalue weighted by molar-refractivity contribution is 0.304. The van der Waals surface area contributed by atoms with E-state index in [2.05, 4.69) is 35.6 Å². The Hall–Kier alpha value is -0.530. The Morgan fingerprint density at radius 2 is 1.85 bits per heavy atom. The maximum atomic E-state index is 3.53. The molecule has 0 spiro atoms. The average Bonchev–Trinajstić information content (AvgIpc) is 2.63. The zero-order chi connectivity index (χ0) is 8.02. The number of hydrogen-bond acceptors (Lipinski definition) is 1. The Kier molecular flexibility index (Phi) is 2.09. The highest BCUT2D eigenvalue weighted by Crippen LogP contribution is 2.48. The maximum Gasteiger partial charge on any atom is 0.0107 e. The lowest BCUT2D eigenvalue weighted by Gasteiger charge is -2.37. The van der Waals surface area contributed by atoms with Crippen molar-refractivity contribution in [2.45, 2.75) is 24.3 Å². The molecule has 0 unspecified atom stereocenters. The second-order valence-electron chi connectivity index (χ2n) is 4.13. The summed E-state index contributed by atoms with van der Waals surface area (Å²) in [7, 11) is 0. The first-order valence-corrected chi connectivity index (χ1v) is 4.68. The third kappa shape index (κ3) is 1.18. The lowest BCUT2D eigenvalue weighted by atomic mass is 9.66. The Bertz CT molecular complexity index is 285. The normalized spacial score (nSPS) is 34.9. The molecule has 3 fully saturated rings. The lowest BCUT2D eigenvalue weighted by Crippen LogP contribution is -2.37. The minimum atomic E-state index is 0. The molecule has 1 aromatic rings. The van der Waals surface area contributed by atoms with Gasteiger partial charge in [0, 0.05) is 18.0 Å². The molecule has 0 atom stereocenters. The average molecular weight is 196 g/mol. The van der Waals surface area contributed by atoms with E-state index < -0.39 is 0 Å². The van der Waals surface area contributed by atoms with E-state index in [1.165, 1.54) is 24.9 Å². The maximum absolute atomic E-state index is 3.53. The molecule has 3 aliphatic rings. The van der Waals surface area contributed by atoms with Crippen molar-refractivity contribution in [1.82, 2.24) is 5.32 Å². The molecule has 1 aliphatic carbocycles. The van der Waals surface area contributed by atoms with Gasteiger partial charge in [0.25, 0.3) is 0 Å². The molecule has 2 heteroatoms. The molecule has 1 aromatic carbocycles. The van der Waals surface area contributed by atoms with E-state index in [9.17, 15) is 0 Å². The highest BCUT2D eigenvalue weighted by atomic mass is 35.5. The summed E-state index contributed by atoms with van der Waals surface area (Å²) >= 11 is 0. The summed E-state index contributed by atoms with van der Waals surface area (Å²) in [6.45, 7) is 1.20. The Morgan fingerprint density at radius 1 is 1.15 bits per heavy atom. The van der Waals surface area contributed by atoms with Crippen LogP contribution in [0.15, 0.2) is 30.3 Å². The van der Waals surface area contributed by atoms with Crippen molar-refractivity contribution >= 4 is 12.4 Å². The van der Waals surface area contributed by atoms with Gasteiger partial charge in [-0.25, -0.2) is 0 Å². The van der Waals surface area contributed by atoms with Crippen LogP contribution in [0.1, 0.15) is 18.4 Å². The number of fused-ring (bicyclic) bond motifs is 1. The largest absolute Gasteiger partial charge is 0.313 e. The molecule has 13 heavy (non-hydrogen) atoms. The molecule has 2 heterocycles. The van der Waals surface area contributed by atoms with Crippen LogP contribution in [-0.4, -0.2) is 12.6 Å². The van der Waals surface area contributed by atoms with Crippen LogP contribution in [0.5, 0.6) is 0 Å². The van der Waals surface area contributed by atoms with Crippen molar-refractivity contribution in [2.75, 3.05) is 6.54 Å². The van der Waals surface area contributed by atoms with Gasteiger partial charge >= 0.3 is 0 Å². The van der Waals surface area contributed by atoms with Gasteiger partial charge in [-0.3, -0.25) is 0 Å². The van der Waals surface area contributed by atoms with Crippen LogP contribution in [0.3, 0.4) is 0 Å². The second-order valence-corrected chi connectivity index (χ2v) is 4.13. The van der Waals surface area contributed by atoms with Crippen molar-refractivity contribution in [2.24, 2.45) is 0 Å². The van der Waals surface area contributed by atoms with Gasteiger partial charge in [-0.15, -0.1) is 12.4 Å². The Morgan fingerprint density at radius 3 is 2.38 bits per heavy atom. The van der Waals surface area contributed by atoms with Crippen LogP contribution in [0.4, 0.5) is 0 Å². The third-order valence-electron chi connectivity index (χ3n) is 3.39. The monoisotopic (exact) mass is 195 g/mol. The van der Waals surface area contributed by atoms with E-state index in [-0.39, 0.29) is 12.4 Å². The van der Waals surface area contributed by atoms with Crippen molar-refractivity contribution < 1.29 is 0 Å². The summed E-state index contributed by atoms with van der Waals surface area (Å²) in [5, 5.41) is 3.53. The van der Waals surface area contributed by atoms with E-state index in [4.69, 9.17) is 0 Å². The molecule has 1 N–H and O–H groups in total. The highest BCUT2D eigenvalue weighted by Gasteiger charge is 2.50. The van der Waals surface area contributed by atoms with E-state index in [1.807, 2.05) is 0 Å². The van der Waals surface area contributed by atoms with Gasteiger partial charge in [-0.1, -0.05) is 30.3 Å². The molecule has 2 aliphatic heterocycles. The SMILES string of the molecule is Cl.c1ccc(C23CNC(C2)C3)cc1. The first kappa shape index (κ1) is 9.04. The predicted molar refractivity (Wildman–Crippen MR) is 56.4 cm³/mol. The van der Waals surface area contributed by atoms with Crippen LogP contribution in [0.2, 0.25) is 0 Å². The van der Waals surface area contributed by atoms with Crippen LogP contribution in [0.25, 0.3) is 0 Å². The fraction of sp³-hybridized carbons (Fsp3) is 0.455. The molecule has 2 saturated heterocycles. The van der Waals surface area contributed by atoms with Gasteiger partial charge in [-0.2, -0.15) is 0 Å². The quantitative estimate of drug-likeness (QED) is 0.724. The summed E-state index contributed by atoms with van der Waals surface area (Å²) in [5.41, 5.74) is 2.05. The summed E-state index contributed by atoms with van der Waals surface area (Å²) in [6, 6.07) is 11.8. The van der Waals surface area contributed by atoms with Crippen LogP contribution < -0.4 is 5.32 Å². The summed E-state index contributed by atoms with van der Waals surface area (Å²) in [5.74, 6) is 0. The number of nitrogens with one attached hydrogen (secondary N) is 1. The molecule has 4 rings (SSSR count). The molecular formula is C11H14ClN. The highest BCUT2D eigenvalue weighted by molar-refractivity contribution is 5.85. The molecule has 0 radical (unpaired) electrons. The first-order valence-electron chi connectivity index (χ1n) is 4.68. The molecule has 70 valence electrons. The summed E-state index contributed by atoms with van der Waals surface area (Å²) in [4.78, 5) is 0. The summed E-state index contributed by atoms with van der Waals surface area (Å²) < 4.78 is 0. The van der Waals surface area contributed by atoms with Crippen molar-refractivity contribution in [1.29, 1.82) is 0 Å². The molecule has 2 bridgehead atoms. The van der Waals surface area contributed by atoms with Gasteiger partial charge in [-0.05, 0) is 18.4 Å². The third-order valence-corrected chi connectivity index (χ3v) is 3.39. The number of benzene rings is 1. The van der Waals surface area contributed by atoms with E-state index in [0.29, 0.717) is 5.41 Å². The molecular weight excluding hydrogens is 182 g/mol. The van der Waals surface area contributed by atoms with Crippen molar-refractivity contribution in [3.63, 3.8) is 0 Å². The fourth-order valence-corrected chi connectivity index (χ4v) is 2.64. The topological polar surface area (TPSA) is 12.0 Å². The van der Waals surface area contributed by atoms with Crippen LogP contribution in [0, 0.1) is 0 Å². The molecule has 1 nitrogen and oxygen atoms in total. The molecule has 1 saturated carbocycles. The first-order chi connectivity index (χ1) is 5.89. The number of halogens is 1. The minimum absolute atomic E-state index is 0. The van der Waals surface area contributed by atoms with Gasteiger partial charge in [0.05, 0.1) is 0 Å². The Labute approximate surface area is 84.9 Å². The van der Waals surface area contributed by atoms with Crippen molar-refractivity contribution in [3.05, 3.63) is 35.9 Å². The fourth-order valence-electron chi connectivity index (χ4n) is 2.64. The van der Waals surface area contributed by atoms with Gasteiger partial charge in [0.1, 0.15) is 0 Å². The van der Waals surface area contributed by atoms with Crippen LogP contribution >= 0.6 is 12.4 Å². The van der Waals surface area contributed by atoms with E-state index in [1.54, 1.807) is 0 Å². The molecule has 0 aromatic heterocycles. The zero-order valence-corrected chi connectivity index (χ0v) is 8.31. The Balaban J connectivity index is 0.000000653. The predicted octanol–water partition coefficient (Wildman–Crippen LogP) is 2.11. The minimum Gasteiger partial charge on any atom is -0.313 e. The van der Waals surface area contributed by atoms with Gasteiger partial charge in [0.15, 0.2) is 0 Å². The van der Waals surface area contributed by atoms with E-state index in [0.717, 1.165) is 6.04 Å². The van der Waals surface area contributed by atoms with E-state index >= 15 is 0 Å².